The summed E-state index contributed by atoms with van der Waals surface area (Å²) in [7, 11) is 1.90. The van der Waals surface area contributed by atoms with Crippen LogP contribution in [0.3, 0.4) is 0 Å². The van der Waals surface area contributed by atoms with Crippen LogP contribution in [0.15, 0.2) is 48.7 Å². The van der Waals surface area contributed by atoms with Crippen LogP contribution < -0.4 is 0 Å². The van der Waals surface area contributed by atoms with Gasteiger partial charge in [-0.05, 0) is 54.3 Å². The molecule has 1 aliphatic carbocycles. The van der Waals surface area contributed by atoms with Crippen molar-refractivity contribution < 1.29 is 27.9 Å². The van der Waals surface area contributed by atoms with Gasteiger partial charge in [-0.2, -0.15) is 13.2 Å². The van der Waals surface area contributed by atoms with E-state index in [0.29, 0.717) is 24.0 Å². The van der Waals surface area contributed by atoms with E-state index in [9.17, 15) is 27.9 Å². The van der Waals surface area contributed by atoms with E-state index in [1.165, 1.54) is 21.9 Å². The van der Waals surface area contributed by atoms with Gasteiger partial charge < -0.3 is 19.5 Å². The summed E-state index contributed by atoms with van der Waals surface area (Å²) in [5.74, 6) is -1.08. The number of rotatable bonds is 3. The monoisotopic (exact) mass is 471 g/mol. The third-order valence-corrected chi connectivity index (χ3v) is 6.75. The van der Waals surface area contributed by atoms with E-state index in [-0.39, 0.29) is 32.1 Å². The maximum Gasteiger partial charge on any atom is 0.417 e. The maximum atomic E-state index is 14.0. The zero-order valence-corrected chi connectivity index (χ0v) is 18.6. The number of carbonyl (C=O) groups is 2. The first-order valence-corrected chi connectivity index (χ1v) is 11.1. The number of amides is 2. The Kier molecular flexibility index (Phi) is 5.20. The highest BCUT2D eigenvalue weighted by Crippen LogP contribution is 2.38. The molecule has 178 valence electrons. The molecule has 2 fully saturated rings. The molecule has 1 aliphatic heterocycles. The Hall–Kier alpha value is -3.33. The molecule has 2 aromatic carbocycles. The average Bonchev–Trinajstić information content (AvgIpc) is 3.48. The van der Waals surface area contributed by atoms with Crippen molar-refractivity contribution in [2.45, 2.75) is 24.6 Å². The number of benzene rings is 2. The largest absolute Gasteiger partial charge is 0.417 e. The summed E-state index contributed by atoms with van der Waals surface area (Å²) < 4.78 is 43.9. The fraction of sp³-hybridized carbons (Fsp3) is 0.360. The van der Waals surface area contributed by atoms with Crippen molar-refractivity contribution in [3.63, 3.8) is 0 Å². The highest BCUT2D eigenvalue weighted by atomic mass is 19.4. The first kappa shape index (κ1) is 22.5. The van der Waals surface area contributed by atoms with Gasteiger partial charge in [-0.3, -0.25) is 9.59 Å². The Morgan fingerprint density at radius 2 is 1.53 bits per heavy atom. The molecule has 6 nitrogen and oxygen atoms in total. The molecule has 3 aromatic rings. The Morgan fingerprint density at radius 1 is 0.912 bits per heavy atom. The summed E-state index contributed by atoms with van der Waals surface area (Å²) >= 11 is 0. The molecule has 1 saturated heterocycles. The van der Waals surface area contributed by atoms with Crippen molar-refractivity contribution >= 4 is 22.7 Å². The normalized spacial score (nSPS) is 17.8. The SMILES string of the molecule is Cn1ccc2cc(-c3ccc(C(=O)N4CCN(C(=O)C5(O)CC5)CC4)c(C(F)(F)F)c3)ccc21. The Labute approximate surface area is 194 Å². The second-order valence-corrected chi connectivity index (χ2v) is 9.07. The van der Waals surface area contributed by atoms with Crippen LogP contribution in [0.1, 0.15) is 28.8 Å². The molecule has 1 aromatic heterocycles. The summed E-state index contributed by atoms with van der Waals surface area (Å²) in [6, 6.07) is 11.2. The lowest BCUT2D eigenvalue weighted by Crippen LogP contribution is -2.53. The predicted octanol–water partition coefficient (Wildman–Crippen LogP) is 3.67. The minimum Gasteiger partial charge on any atom is -0.380 e. The molecule has 34 heavy (non-hydrogen) atoms. The number of carbonyl (C=O) groups excluding carboxylic acids is 2. The molecule has 2 aliphatic rings. The van der Waals surface area contributed by atoms with Crippen molar-refractivity contribution in [2.75, 3.05) is 26.2 Å². The van der Waals surface area contributed by atoms with Crippen LogP contribution in [-0.2, 0) is 18.0 Å². The summed E-state index contributed by atoms with van der Waals surface area (Å²) in [5.41, 5.74) is -0.700. The number of nitrogens with zero attached hydrogens (tertiary/aromatic N) is 3. The van der Waals surface area contributed by atoms with Gasteiger partial charge in [-0.1, -0.05) is 12.1 Å². The van der Waals surface area contributed by atoms with E-state index < -0.39 is 28.8 Å². The number of hydrogen-bond acceptors (Lipinski definition) is 3. The molecule has 2 amide bonds. The lowest BCUT2D eigenvalue weighted by atomic mass is 9.97. The van der Waals surface area contributed by atoms with E-state index in [0.717, 1.165) is 17.0 Å². The number of halogens is 3. The van der Waals surface area contributed by atoms with E-state index in [4.69, 9.17) is 0 Å². The van der Waals surface area contributed by atoms with E-state index >= 15 is 0 Å². The number of aliphatic hydroxyl groups is 1. The topological polar surface area (TPSA) is 65.8 Å². The van der Waals surface area contributed by atoms with Crippen LogP contribution in [-0.4, -0.2) is 63.1 Å². The first-order valence-electron chi connectivity index (χ1n) is 11.1. The third kappa shape index (κ3) is 3.94. The zero-order valence-electron chi connectivity index (χ0n) is 18.6. The number of hydrogen-bond donors (Lipinski definition) is 1. The molecule has 0 radical (unpaired) electrons. The average molecular weight is 471 g/mol. The van der Waals surface area contributed by atoms with Crippen LogP contribution in [0.2, 0.25) is 0 Å². The predicted molar refractivity (Wildman–Crippen MR) is 120 cm³/mol. The van der Waals surface area contributed by atoms with Gasteiger partial charge in [0.05, 0.1) is 11.1 Å². The second-order valence-electron chi connectivity index (χ2n) is 9.07. The summed E-state index contributed by atoms with van der Waals surface area (Å²) in [4.78, 5) is 28.2. The molecule has 0 atom stereocenters. The molecule has 9 heteroatoms. The minimum atomic E-state index is -4.70. The molecule has 2 heterocycles. The summed E-state index contributed by atoms with van der Waals surface area (Å²) in [6.07, 6.45) is -1.98. The number of fused-ring (bicyclic) bond motifs is 1. The Bertz CT molecular complexity index is 1290. The van der Waals surface area contributed by atoms with Gasteiger partial charge in [0.2, 0.25) is 0 Å². The molecule has 0 unspecified atom stereocenters. The van der Waals surface area contributed by atoms with Crippen molar-refractivity contribution in [3.05, 3.63) is 59.8 Å². The molecule has 1 saturated carbocycles. The smallest absolute Gasteiger partial charge is 0.380 e. The number of alkyl halides is 3. The second kappa shape index (κ2) is 7.87. The molecule has 0 bridgehead atoms. The van der Waals surface area contributed by atoms with Gasteiger partial charge in [-0.15, -0.1) is 0 Å². The first-order chi connectivity index (χ1) is 16.1. The number of aryl methyl sites for hydroxylation is 1. The zero-order chi connectivity index (χ0) is 24.3. The van der Waals surface area contributed by atoms with E-state index in [1.54, 1.807) is 6.07 Å². The molecular formula is C25H24F3N3O3. The van der Waals surface area contributed by atoms with Gasteiger partial charge >= 0.3 is 6.18 Å². The van der Waals surface area contributed by atoms with Crippen molar-refractivity contribution in [1.29, 1.82) is 0 Å². The van der Waals surface area contributed by atoms with Crippen LogP contribution in [0.25, 0.3) is 22.0 Å². The van der Waals surface area contributed by atoms with Crippen molar-refractivity contribution in [3.8, 4) is 11.1 Å². The maximum absolute atomic E-state index is 14.0. The molecule has 0 spiro atoms. The fourth-order valence-corrected chi connectivity index (χ4v) is 4.52. The quantitative estimate of drug-likeness (QED) is 0.634. The molecule has 1 N–H and O–H groups in total. The highest BCUT2D eigenvalue weighted by Gasteiger charge is 2.50. The lowest BCUT2D eigenvalue weighted by molar-refractivity contribution is -0.143. The van der Waals surface area contributed by atoms with Gasteiger partial charge in [0, 0.05) is 50.3 Å². The standard InChI is InChI=1S/C25H24F3N3O3/c1-29-9-6-18-14-16(3-5-21(18)29)17-2-4-19(20(15-17)25(26,27)28)22(32)30-10-12-31(13-11-30)23(33)24(34)7-8-24/h2-6,9,14-15,34H,7-8,10-13H2,1H3. The third-order valence-electron chi connectivity index (χ3n) is 6.75. The van der Waals surface area contributed by atoms with Crippen LogP contribution in [0.5, 0.6) is 0 Å². The van der Waals surface area contributed by atoms with Gasteiger partial charge in [0.25, 0.3) is 11.8 Å². The van der Waals surface area contributed by atoms with Crippen LogP contribution in [0, 0.1) is 0 Å². The van der Waals surface area contributed by atoms with Crippen LogP contribution in [0.4, 0.5) is 13.2 Å². The minimum absolute atomic E-state index is 0.115. The van der Waals surface area contributed by atoms with E-state index in [2.05, 4.69) is 0 Å². The van der Waals surface area contributed by atoms with Gasteiger partial charge in [0.15, 0.2) is 0 Å². The Morgan fingerprint density at radius 3 is 2.18 bits per heavy atom. The van der Waals surface area contributed by atoms with Gasteiger partial charge in [-0.25, -0.2) is 0 Å². The summed E-state index contributed by atoms with van der Waals surface area (Å²) in [5, 5.41) is 10.9. The lowest BCUT2D eigenvalue weighted by Gasteiger charge is -2.36. The van der Waals surface area contributed by atoms with Crippen LogP contribution >= 0.6 is 0 Å². The van der Waals surface area contributed by atoms with E-state index in [1.807, 2.05) is 36.0 Å². The highest BCUT2D eigenvalue weighted by molar-refractivity contribution is 5.97. The van der Waals surface area contributed by atoms with Crippen molar-refractivity contribution in [2.24, 2.45) is 7.05 Å². The van der Waals surface area contributed by atoms with Crippen molar-refractivity contribution in [1.82, 2.24) is 14.4 Å². The number of piperazine rings is 1. The fourth-order valence-electron chi connectivity index (χ4n) is 4.52. The molecule has 5 rings (SSSR count). The molecular weight excluding hydrogens is 447 g/mol. The Balaban J connectivity index is 1.40. The van der Waals surface area contributed by atoms with Gasteiger partial charge in [0.1, 0.15) is 5.60 Å². The summed E-state index contributed by atoms with van der Waals surface area (Å²) in [6.45, 7) is 0.599. The number of aromatic nitrogens is 1.